The third-order valence-electron chi connectivity index (χ3n) is 2.22. The van der Waals surface area contributed by atoms with Crippen LogP contribution in [0.2, 0.25) is 5.02 Å². The first kappa shape index (κ1) is 9.28. The summed E-state index contributed by atoms with van der Waals surface area (Å²) in [6.45, 7) is 2.06. The van der Waals surface area contributed by atoms with Crippen LogP contribution in [0.1, 0.15) is 18.5 Å². The van der Waals surface area contributed by atoms with Crippen molar-refractivity contribution in [2.24, 2.45) is 0 Å². The standard InChI is InChI=1S/C11H10ClN2/c1-9(14-8-4-7-13-14)10-5-2-3-6-11(10)12/h2-3,5-9H,1H3. The van der Waals surface area contributed by atoms with Gasteiger partial charge in [0.25, 0.3) is 0 Å². The molecule has 0 amide bonds. The van der Waals surface area contributed by atoms with Crippen LogP contribution in [0.3, 0.4) is 0 Å². The Kier molecular flexibility index (Phi) is 2.55. The van der Waals surface area contributed by atoms with Crippen LogP contribution >= 0.6 is 11.6 Å². The molecule has 2 rings (SSSR count). The maximum Gasteiger partial charge on any atom is 0.0754 e. The molecule has 0 spiro atoms. The molecule has 1 aromatic carbocycles. The summed E-state index contributed by atoms with van der Waals surface area (Å²) >= 11 is 6.08. The first-order chi connectivity index (χ1) is 6.79. The van der Waals surface area contributed by atoms with Gasteiger partial charge < -0.3 is 0 Å². The van der Waals surface area contributed by atoms with Crippen LogP contribution in [0.4, 0.5) is 0 Å². The molecule has 1 radical (unpaired) electrons. The summed E-state index contributed by atoms with van der Waals surface area (Å²) in [7, 11) is 0. The summed E-state index contributed by atoms with van der Waals surface area (Å²) in [6.07, 6.45) is 3.46. The van der Waals surface area contributed by atoms with Crippen LogP contribution in [-0.4, -0.2) is 9.78 Å². The average molecular weight is 206 g/mol. The largest absolute Gasteiger partial charge is 0.265 e. The van der Waals surface area contributed by atoms with Gasteiger partial charge in [0.05, 0.1) is 12.2 Å². The van der Waals surface area contributed by atoms with E-state index in [0.717, 1.165) is 10.6 Å². The minimum absolute atomic E-state index is 0.148. The molecule has 0 saturated carbocycles. The zero-order valence-corrected chi connectivity index (χ0v) is 8.57. The maximum atomic E-state index is 6.08. The van der Waals surface area contributed by atoms with E-state index in [0.29, 0.717) is 0 Å². The van der Waals surface area contributed by atoms with E-state index in [-0.39, 0.29) is 6.04 Å². The third kappa shape index (κ3) is 1.66. The molecule has 0 fully saturated rings. The van der Waals surface area contributed by atoms with Crippen LogP contribution in [0.15, 0.2) is 36.7 Å². The van der Waals surface area contributed by atoms with E-state index in [4.69, 9.17) is 11.6 Å². The quantitative estimate of drug-likeness (QED) is 0.737. The van der Waals surface area contributed by atoms with Gasteiger partial charge >= 0.3 is 0 Å². The average Bonchev–Trinajstić information content (AvgIpc) is 2.70. The van der Waals surface area contributed by atoms with Gasteiger partial charge in [0.1, 0.15) is 0 Å². The number of rotatable bonds is 2. The third-order valence-corrected chi connectivity index (χ3v) is 2.57. The van der Waals surface area contributed by atoms with Crippen molar-refractivity contribution in [3.63, 3.8) is 0 Å². The second kappa shape index (κ2) is 3.84. The lowest BCUT2D eigenvalue weighted by atomic mass is 10.1. The fourth-order valence-electron chi connectivity index (χ4n) is 1.41. The van der Waals surface area contributed by atoms with E-state index in [1.807, 2.05) is 35.1 Å². The summed E-state index contributed by atoms with van der Waals surface area (Å²) in [5.74, 6) is 0. The molecule has 2 nitrogen and oxygen atoms in total. The van der Waals surface area contributed by atoms with Gasteiger partial charge in [0.15, 0.2) is 0 Å². The van der Waals surface area contributed by atoms with Crippen molar-refractivity contribution in [3.8, 4) is 0 Å². The first-order valence-electron chi connectivity index (χ1n) is 4.43. The molecule has 0 bridgehead atoms. The predicted octanol–water partition coefficient (Wildman–Crippen LogP) is 2.95. The number of benzene rings is 1. The molecular weight excluding hydrogens is 196 g/mol. The highest BCUT2D eigenvalue weighted by molar-refractivity contribution is 6.31. The summed E-state index contributed by atoms with van der Waals surface area (Å²) < 4.78 is 1.83. The van der Waals surface area contributed by atoms with Gasteiger partial charge in [-0.3, -0.25) is 4.68 Å². The fraction of sp³-hybridized carbons (Fsp3) is 0.182. The van der Waals surface area contributed by atoms with Crippen molar-refractivity contribution >= 4 is 11.6 Å². The lowest BCUT2D eigenvalue weighted by Crippen LogP contribution is -2.07. The lowest BCUT2D eigenvalue weighted by molar-refractivity contribution is 0.564. The summed E-state index contributed by atoms with van der Waals surface area (Å²) in [5.41, 5.74) is 1.08. The van der Waals surface area contributed by atoms with Gasteiger partial charge in [-0.2, -0.15) is 5.10 Å². The summed E-state index contributed by atoms with van der Waals surface area (Å²) in [5, 5.41) is 4.91. The van der Waals surface area contributed by atoms with Crippen molar-refractivity contribution in [2.75, 3.05) is 0 Å². The predicted molar refractivity (Wildman–Crippen MR) is 56.3 cm³/mol. The van der Waals surface area contributed by atoms with Gasteiger partial charge in [0.2, 0.25) is 0 Å². The van der Waals surface area contributed by atoms with Crippen molar-refractivity contribution in [3.05, 3.63) is 53.3 Å². The molecule has 0 aliphatic heterocycles. The Hall–Kier alpha value is -1.28. The minimum Gasteiger partial charge on any atom is -0.265 e. The highest BCUT2D eigenvalue weighted by atomic mass is 35.5. The molecular formula is C11H10ClN2. The SMILES string of the molecule is CC(c1ccccc1Cl)n1c[c]cn1. The van der Waals surface area contributed by atoms with Crippen LogP contribution in [0.5, 0.6) is 0 Å². The van der Waals surface area contributed by atoms with Gasteiger partial charge in [-0.05, 0) is 18.6 Å². The Morgan fingerprint density at radius 1 is 1.43 bits per heavy atom. The second-order valence-electron chi connectivity index (χ2n) is 3.12. The number of aromatic nitrogens is 2. The number of hydrogen-bond donors (Lipinski definition) is 0. The van der Waals surface area contributed by atoms with E-state index in [1.165, 1.54) is 0 Å². The van der Waals surface area contributed by atoms with Crippen molar-refractivity contribution in [1.82, 2.24) is 9.78 Å². The molecule has 14 heavy (non-hydrogen) atoms. The molecule has 2 aromatic rings. The highest BCUT2D eigenvalue weighted by Crippen LogP contribution is 2.24. The Balaban J connectivity index is 2.37. The molecule has 0 N–H and O–H groups in total. The first-order valence-corrected chi connectivity index (χ1v) is 4.81. The molecule has 1 heterocycles. The zero-order chi connectivity index (χ0) is 9.97. The smallest absolute Gasteiger partial charge is 0.0754 e. The molecule has 1 atom stereocenters. The normalized spacial score (nSPS) is 12.7. The molecule has 3 heteroatoms. The Bertz CT molecular complexity index is 409. The number of hydrogen-bond acceptors (Lipinski definition) is 1. The molecule has 0 saturated heterocycles. The van der Waals surface area contributed by atoms with Crippen molar-refractivity contribution < 1.29 is 0 Å². The maximum absolute atomic E-state index is 6.08. The Morgan fingerprint density at radius 2 is 2.21 bits per heavy atom. The minimum atomic E-state index is 0.148. The topological polar surface area (TPSA) is 17.8 Å². The van der Waals surface area contributed by atoms with Gasteiger partial charge in [-0.25, -0.2) is 0 Å². The van der Waals surface area contributed by atoms with E-state index in [2.05, 4.69) is 18.1 Å². The van der Waals surface area contributed by atoms with Crippen molar-refractivity contribution in [1.29, 1.82) is 0 Å². The van der Waals surface area contributed by atoms with E-state index in [1.54, 1.807) is 6.20 Å². The van der Waals surface area contributed by atoms with Gasteiger partial charge in [0, 0.05) is 17.3 Å². The molecule has 1 unspecified atom stereocenters. The van der Waals surface area contributed by atoms with Gasteiger partial charge in [-0.15, -0.1) is 0 Å². The summed E-state index contributed by atoms with van der Waals surface area (Å²) in [4.78, 5) is 0. The van der Waals surface area contributed by atoms with E-state index < -0.39 is 0 Å². The van der Waals surface area contributed by atoms with Crippen LogP contribution in [0, 0.1) is 6.07 Å². The van der Waals surface area contributed by atoms with E-state index >= 15 is 0 Å². The molecule has 0 aliphatic carbocycles. The van der Waals surface area contributed by atoms with Gasteiger partial charge in [-0.1, -0.05) is 29.8 Å². The zero-order valence-electron chi connectivity index (χ0n) is 7.81. The van der Waals surface area contributed by atoms with E-state index in [9.17, 15) is 0 Å². The number of halogens is 1. The number of nitrogens with zero attached hydrogens (tertiary/aromatic N) is 2. The van der Waals surface area contributed by atoms with Crippen LogP contribution in [0.25, 0.3) is 0 Å². The van der Waals surface area contributed by atoms with Crippen molar-refractivity contribution in [2.45, 2.75) is 13.0 Å². The van der Waals surface area contributed by atoms with Crippen LogP contribution < -0.4 is 0 Å². The highest BCUT2D eigenvalue weighted by Gasteiger charge is 2.10. The fourth-order valence-corrected chi connectivity index (χ4v) is 1.70. The molecule has 1 aromatic heterocycles. The lowest BCUT2D eigenvalue weighted by Gasteiger charge is -2.13. The Morgan fingerprint density at radius 3 is 2.86 bits per heavy atom. The van der Waals surface area contributed by atoms with Crippen LogP contribution in [-0.2, 0) is 0 Å². The Labute approximate surface area is 88.1 Å². The summed E-state index contributed by atoms with van der Waals surface area (Å²) in [6, 6.07) is 10.9. The molecule has 0 aliphatic rings. The second-order valence-corrected chi connectivity index (χ2v) is 3.53. The monoisotopic (exact) mass is 205 g/mol. The molecule has 71 valence electrons.